The predicted molar refractivity (Wildman–Crippen MR) is 577 cm³/mol. The number of hydrogen-bond acceptors (Lipinski definition) is 12. The van der Waals surface area contributed by atoms with Gasteiger partial charge >= 0.3 is 7.12 Å². The van der Waals surface area contributed by atoms with Crippen LogP contribution in [0.2, 0.25) is 0 Å². The van der Waals surface area contributed by atoms with E-state index >= 15 is 0 Å². The molecule has 0 amide bonds. The predicted octanol–water partition coefficient (Wildman–Crippen LogP) is 20.0. The van der Waals surface area contributed by atoms with Crippen LogP contribution in [-0.2, 0) is 49.9 Å². The Hall–Kier alpha value is -13.2. The van der Waals surface area contributed by atoms with Crippen molar-refractivity contribution < 1.29 is 64.5 Å². The molecule has 0 aliphatic rings. The van der Waals surface area contributed by atoms with Crippen molar-refractivity contribution in [2.45, 2.75) is 14.7 Å². The molecule has 0 saturated heterocycles. The summed E-state index contributed by atoms with van der Waals surface area (Å²) < 4.78 is 94.7. The summed E-state index contributed by atoms with van der Waals surface area (Å²) in [5.74, 6) is -0.641. The summed E-state index contributed by atoms with van der Waals surface area (Å²) in [6, 6.07) is 166. The number of nitrogen functional groups attached to an aromatic ring is 1. The zero-order valence-corrected chi connectivity index (χ0v) is 84.7. The fourth-order valence-electron chi connectivity index (χ4n) is 14.0. The molecule has 0 aliphatic carbocycles. The van der Waals surface area contributed by atoms with E-state index in [1.54, 1.807) is 48.5 Å². The van der Waals surface area contributed by atoms with Crippen molar-refractivity contribution >= 4 is 170 Å². The molecule has 0 aliphatic heterocycles. The summed E-state index contributed by atoms with van der Waals surface area (Å²) >= 11 is 3.12. The standard InChI is InChI=1S/4C18H15P.C14H10FNO2S.C14H13N3O2S.C7H9BO4S.C7H3BrFN.Pd/c4*1-4-10-16(11-5-1)19(17-12-6-2-7-13-17)18-14-8-3-9-15-18;1-19(17,18)13-4-2-3-10(8-13)11-5-6-14(15)12(7-11)9-16;1-20(18,19)11-4-2-3-9(7-11)10-5-6-13-12(8-10)14(15)17-16-13;1-13(11,12)7-4-2-3-6(5-7)8(9)10;8-6-1-2-7(9)5(3-6)4-10;/h4*1-15H;2-8H,1H3;2-8H,1H3,(H3,15,16,17);2-5,9-10H,1H3;1-3H;. The number of rotatable bonds is 18. The molecule has 5 N–H and O–H groups in total. The zero-order valence-electron chi connectivity index (χ0n) is 75.6. The number of hydrogen-bond donors (Lipinski definition) is 4. The monoisotopic (exact) mass is 2120 g/mol. The molecular weight excluding hydrogens is 2020 g/mol. The molecular formula is C114H95BBrF2N5O8P4PdS3. The smallest absolute Gasteiger partial charge is 0.423 e. The largest absolute Gasteiger partial charge is 0.488 e. The van der Waals surface area contributed by atoms with Gasteiger partial charge in [-0.15, -0.1) is 0 Å². The molecule has 19 aromatic rings. The van der Waals surface area contributed by atoms with Crippen molar-refractivity contribution in [2.75, 3.05) is 24.5 Å². The number of fused-ring (bicyclic) bond motifs is 1. The van der Waals surface area contributed by atoms with Crippen LogP contribution in [0.25, 0.3) is 33.2 Å². The van der Waals surface area contributed by atoms with E-state index in [2.05, 4.69) is 390 Å². The molecule has 19 rings (SSSR count). The minimum absolute atomic E-state index is 0. The van der Waals surface area contributed by atoms with Gasteiger partial charge in [-0.25, -0.2) is 34.0 Å². The summed E-state index contributed by atoms with van der Waals surface area (Å²) in [7, 11) is -13.2. The van der Waals surface area contributed by atoms with Crippen LogP contribution in [-0.4, -0.2) is 71.4 Å². The van der Waals surface area contributed by atoms with Gasteiger partial charge in [-0.2, -0.15) is 15.6 Å². The van der Waals surface area contributed by atoms with Crippen LogP contribution in [0.1, 0.15) is 11.1 Å². The molecule has 0 bridgehead atoms. The fraction of sp³-hybridized carbons (Fsp3) is 0.0263. The number of nitriles is 2. The third kappa shape index (κ3) is 31.9. The van der Waals surface area contributed by atoms with E-state index in [9.17, 15) is 34.0 Å². The Labute approximate surface area is 840 Å². The number of benzene rings is 18. The number of H-pyrrole nitrogens is 1. The van der Waals surface area contributed by atoms with Crippen LogP contribution in [0, 0.1) is 34.3 Å². The average Bonchev–Trinajstić information content (AvgIpc) is 1.65. The van der Waals surface area contributed by atoms with Crippen molar-refractivity contribution in [3.05, 3.63) is 519 Å². The molecule has 18 aromatic carbocycles. The summed E-state index contributed by atoms with van der Waals surface area (Å²) in [6.07, 6.45) is 3.39. The van der Waals surface area contributed by atoms with Gasteiger partial charge in [0.1, 0.15) is 23.8 Å². The van der Waals surface area contributed by atoms with Gasteiger partial charge in [0.2, 0.25) is 0 Å². The molecule has 0 fully saturated rings. The van der Waals surface area contributed by atoms with E-state index in [1.165, 1.54) is 137 Å². The molecule has 139 heavy (non-hydrogen) atoms. The Morgan fingerprint density at radius 3 is 0.784 bits per heavy atom. The SMILES string of the molecule is CS(=O)(=O)c1cccc(-c2ccc(F)c(C#N)c2)c1.CS(=O)(=O)c1cccc(-c2ccc3[nH]nc(N)c3c2)c1.CS(=O)(=O)c1cccc(B(O)O)c1.N#Cc1cc(Br)ccc1F.[Pd].c1ccc(P(c2ccccc2)c2ccccc2)cc1.c1ccc(P(c2ccccc2)c2ccccc2)cc1.c1ccc(P(c2ccccc2)c2ccccc2)cc1.c1ccc(P(c2ccccc2)c2ccccc2)cc1. The Morgan fingerprint density at radius 1 is 0.302 bits per heavy atom. The molecule has 0 spiro atoms. The van der Waals surface area contributed by atoms with Crippen LogP contribution in [0.5, 0.6) is 0 Å². The second-order valence-electron chi connectivity index (χ2n) is 30.6. The summed E-state index contributed by atoms with van der Waals surface area (Å²) in [5.41, 5.74) is 9.76. The molecule has 1 heterocycles. The van der Waals surface area contributed by atoms with E-state index in [4.69, 9.17) is 26.3 Å². The maximum Gasteiger partial charge on any atom is 0.488 e. The van der Waals surface area contributed by atoms with Crippen LogP contribution in [0.4, 0.5) is 14.6 Å². The molecule has 25 heteroatoms. The van der Waals surface area contributed by atoms with Crippen molar-refractivity contribution in [2.24, 2.45) is 0 Å². The maximum atomic E-state index is 13.2. The molecule has 0 unspecified atom stereocenters. The minimum atomic E-state index is -3.30. The molecule has 696 valence electrons. The minimum Gasteiger partial charge on any atom is -0.423 e. The number of nitrogens with one attached hydrogen (secondary N) is 1. The topological polar surface area (TPSA) is 245 Å². The quantitative estimate of drug-likeness (QED) is 0.0463. The van der Waals surface area contributed by atoms with Gasteiger partial charge in [0, 0.05) is 49.0 Å². The number of nitrogens with two attached hydrogens (primary N) is 1. The van der Waals surface area contributed by atoms with Crippen LogP contribution in [0.3, 0.4) is 0 Å². The van der Waals surface area contributed by atoms with E-state index < -0.39 is 80.0 Å². The third-order valence-electron chi connectivity index (χ3n) is 20.7. The fourth-order valence-corrected chi connectivity index (χ4v) is 25.6. The van der Waals surface area contributed by atoms with Gasteiger partial charge in [0.05, 0.1) is 31.3 Å². The Kier molecular flexibility index (Phi) is 41.0. The molecule has 0 atom stereocenters. The second kappa shape index (κ2) is 53.6. The normalized spacial score (nSPS) is 10.7. The summed E-state index contributed by atoms with van der Waals surface area (Å²) in [5, 5.41) is 59.0. The van der Waals surface area contributed by atoms with Crippen LogP contribution >= 0.6 is 47.6 Å². The molecule has 0 radical (unpaired) electrons. The van der Waals surface area contributed by atoms with E-state index in [1.807, 2.05) is 24.3 Å². The Morgan fingerprint density at radius 2 is 0.532 bits per heavy atom. The first kappa shape index (κ1) is 106. The maximum absolute atomic E-state index is 13.2. The van der Waals surface area contributed by atoms with Gasteiger partial charge < -0.3 is 15.8 Å². The number of aromatic nitrogens is 2. The molecule has 1 aromatic heterocycles. The van der Waals surface area contributed by atoms with Gasteiger partial charge in [0.25, 0.3) is 0 Å². The van der Waals surface area contributed by atoms with Crippen molar-refractivity contribution in [1.82, 2.24) is 10.2 Å². The number of sulfone groups is 3. The van der Waals surface area contributed by atoms with Gasteiger partial charge in [-0.3, -0.25) is 5.10 Å². The first-order chi connectivity index (χ1) is 66.8. The number of nitrogens with zero attached hydrogens (tertiary/aromatic N) is 3. The van der Waals surface area contributed by atoms with Gasteiger partial charge in [0.15, 0.2) is 35.3 Å². The summed E-state index contributed by atoms with van der Waals surface area (Å²) in [6.45, 7) is 0. The van der Waals surface area contributed by atoms with E-state index in [-0.39, 0.29) is 46.8 Å². The molecule has 0 saturated carbocycles. The first-order valence-electron chi connectivity index (χ1n) is 43.2. The van der Waals surface area contributed by atoms with Gasteiger partial charge in [-0.1, -0.05) is 428 Å². The molecule has 13 nitrogen and oxygen atoms in total. The Balaban J connectivity index is 0.000000153. The second-order valence-corrected chi connectivity index (χ2v) is 46.4. The summed E-state index contributed by atoms with van der Waals surface area (Å²) in [4.78, 5) is 0.571. The van der Waals surface area contributed by atoms with Crippen LogP contribution in [0.15, 0.2) is 511 Å². The van der Waals surface area contributed by atoms with E-state index in [0.29, 0.717) is 26.3 Å². The van der Waals surface area contributed by atoms with Crippen LogP contribution < -0.4 is 74.9 Å². The Bertz CT molecular complexity index is 6700. The van der Waals surface area contributed by atoms with E-state index in [0.717, 1.165) is 34.5 Å². The average molecular weight is 2120 g/mol. The number of halogens is 3. The van der Waals surface area contributed by atoms with Gasteiger partial charge in [-0.05, 0) is 202 Å². The van der Waals surface area contributed by atoms with Crippen molar-refractivity contribution in [3.8, 4) is 34.4 Å². The van der Waals surface area contributed by atoms with Crippen molar-refractivity contribution in [3.63, 3.8) is 0 Å². The number of anilines is 1. The first-order valence-corrected chi connectivity index (χ1v) is 55.0. The number of aromatic amines is 1. The third-order valence-corrected chi connectivity index (χ3v) is 34.3. The van der Waals surface area contributed by atoms with Crippen molar-refractivity contribution in [1.29, 1.82) is 10.5 Å². The zero-order chi connectivity index (χ0) is 97.7.